The molecule has 98 valence electrons. The maximum absolute atomic E-state index is 12.2. The number of nitrogens with one attached hydrogen (secondary N) is 1. The molecule has 0 saturated carbocycles. The maximum atomic E-state index is 12.2. The molecule has 1 saturated heterocycles. The van der Waals surface area contributed by atoms with E-state index in [9.17, 15) is 13.2 Å². The second-order valence-electron chi connectivity index (χ2n) is 4.27. The van der Waals surface area contributed by atoms with Crippen molar-refractivity contribution in [3.8, 4) is 0 Å². The number of hydrogen-bond acceptors (Lipinski definition) is 4. The Morgan fingerprint density at radius 1 is 1.44 bits per heavy atom. The van der Waals surface area contributed by atoms with Crippen molar-refractivity contribution in [2.75, 3.05) is 11.5 Å². The average molecular weight is 333 g/mol. The fraction of sp³-hybridized carbons (Fsp3) is 0.364. The Morgan fingerprint density at radius 3 is 2.72 bits per heavy atom. The molecule has 5 nitrogen and oxygen atoms in total. The van der Waals surface area contributed by atoms with Crippen LogP contribution < -0.4 is 11.1 Å². The first kappa shape index (κ1) is 13.4. The number of nitrogens with two attached hydrogens (primary N) is 1. The van der Waals surface area contributed by atoms with Crippen LogP contribution in [0.4, 0.5) is 5.69 Å². The van der Waals surface area contributed by atoms with Gasteiger partial charge in [-0.2, -0.15) is 0 Å². The van der Waals surface area contributed by atoms with Crippen LogP contribution in [0.1, 0.15) is 12.8 Å². The van der Waals surface area contributed by atoms with Gasteiger partial charge < -0.3 is 11.1 Å². The van der Waals surface area contributed by atoms with Crippen molar-refractivity contribution in [2.45, 2.75) is 23.8 Å². The summed E-state index contributed by atoms with van der Waals surface area (Å²) < 4.78 is 24.9. The predicted molar refractivity (Wildman–Crippen MR) is 71.8 cm³/mol. The number of nitrogen functional groups attached to an aromatic ring is 1. The summed E-state index contributed by atoms with van der Waals surface area (Å²) in [5, 5.41) is 2.65. The Morgan fingerprint density at radius 2 is 2.17 bits per heavy atom. The van der Waals surface area contributed by atoms with Gasteiger partial charge in [-0.05, 0) is 40.5 Å². The van der Waals surface area contributed by atoms with Crippen LogP contribution in [0, 0.1) is 0 Å². The summed E-state index contributed by atoms with van der Waals surface area (Å²) in [7, 11) is -3.43. The lowest BCUT2D eigenvalue weighted by atomic mass is 10.2. The summed E-state index contributed by atoms with van der Waals surface area (Å²) in [6.07, 6.45) is 0.952. The second-order valence-corrected chi connectivity index (χ2v) is 7.13. The van der Waals surface area contributed by atoms with Crippen LogP contribution in [-0.4, -0.2) is 26.1 Å². The minimum absolute atomic E-state index is 0.0821. The molecule has 1 unspecified atom stereocenters. The van der Waals surface area contributed by atoms with Gasteiger partial charge in [0, 0.05) is 22.6 Å². The van der Waals surface area contributed by atoms with Crippen LogP contribution >= 0.6 is 15.9 Å². The van der Waals surface area contributed by atoms with E-state index in [0.717, 1.165) is 0 Å². The van der Waals surface area contributed by atoms with E-state index < -0.39 is 9.84 Å². The molecular weight excluding hydrogens is 320 g/mol. The highest BCUT2D eigenvalue weighted by Crippen LogP contribution is 2.26. The molecule has 0 bridgehead atoms. The van der Waals surface area contributed by atoms with Crippen molar-refractivity contribution < 1.29 is 13.2 Å². The van der Waals surface area contributed by atoms with Gasteiger partial charge in [-0.15, -0.1) is 0 Å². The van der Waals surface area contributed by atoms with E-state index in [1.54, 1.807) is 12.1 Å². The van der Waals surface area contributed by atoms with Crippen molar-refractivity contribution in [2.24, 2.45) is 0 Å². The maximum Gasteiger partial charge on any atom is 0.220 e. The number of hydrogen-bond donors (Lipinski definition) is 2. The van der Waals surface area contributed by atoms with Gasteiger partial charge in [0.2, 0.25) is 5.91 Å². The van der Waals surface area contributed by atoms with E-state index in [4.69, 9.17) is 5.73 Å². The van der Waals surface area contributed by atoms with Gasteiger partial charge in [0.25, 0.3) is 0 Å². The SMILES string of the molecule is Nc1ccc(S(=O)(=O)CC2CCC(=O)N2)c(Br)c1. The van der Waals surface area contributed by atoms with E-state index in [1.165, 1.54) is 6.07 Å². The van der Waals surface area contributed by atoms with Crippen molar-refractivity contribution in [3.63, 3.8) is 0 Å². The molecule has 0 aromatic heterocycles. The number of anilines is 1. The van der Waals surface area contributed by atoms with Gasteiger partial charge in [-0.25, -0.2) is 8.42 Å². The molecule has 2 rings (SSSR count). The number of carbonyl (C=O) groups is 1. The first-order valence-electron chi connectivity index (χ1n) is 5.45. The molecule has 1 fully saturated rings. The third-order valence-electron chi connectivity index (χ3n) is 2.80. The number of carbonyl (C=O) groups excluding carboxylic acids is 1. The lowest BCUT2D eigenvalue weighted by molar-refractivity contribution is -0.119. The monoisotopic (exact) mass is 332 g/mol. The average Bonchev–Trinajstić information content (AvgIpc) is 2.62. The molecule has 1 aromatic carbocycles. The van der Waals surface area contributed by atoms with E-state index in [-0.39, 0.29) is 22.6 Å². The molecule has 0 radical (unpaired) electrons. The molecule has 3 N–H and O–H groups in total. The summed E-state index contributed by atoms with van der Waals surface area (Å²) in [6.45, 7) is 0. The number of sulfone groups is 1. The van der Waals surface area contributed by atoms with Crippen molar-refractivity contribution in [1.29, 1.82) is 0 Å². The van der Waals surface area contributed by atoms with Gasteiger partial charge in [0.05, 0.1) is 10.6 Å². The molecule has 18 heavy (non-hydrogen) atoms. The number of benzene rings is 1. The number of halogens is 1. The Bertz CT molecular complexity index is 586. The summed E-state index contributed by atoms with van der Waals surface area (Å²) in [5.74, 6) is -0.173. The van der Waals surface area contributed by atoms with Gasteiger partial charge in [0.15, 0.2) is 9.84 Å². The lowest BCUT2D eigenvalue weighted by Gasteiger charge is -2.12. The molecule has 7 heteroatoms. The molecule has 1 aromatic rings. The second kappa shape index (κ2) is 4.89. The number of rotatable bonds is 3. The molecule has 1 aliphatic heterocycles. The van der Waals surface area contributed by atoms with Crippen LogP contribution in [0.25, 0.3) is 0 Å². The molecular formula is C11H13BrN2O3S. The van der Waals surface area contributed by atoms with Crippen molar-refractivity contribution in [1.82, 2.24) is 5.32 Å². The highest BCUT2D eigenvalue weighted by Gasteiger charge is 2.28. The zero-order valence-electron chi connectivity index (χ0n) is 9.52. The quantitative estimate of drug-likeness (QED) is 0.810. The Labute approximate surface area is 114 Å². The van der Waals surface area contributed by atoms with Crippen LogP contribution in [0.5, 0.6) is 0 Å². The topological polar surface area (TPSA) is 89.3 Å². The van der Waals surface area contributed by atoms with Crippen LogP contribution in [-0.2, 0) is 14.6 Å². The molecule has 0 aliphatic carbocycles. The molecule has 0 spiro atoms. The van der Waals surface area contributed by atoms with Crippen molar-refractivity contribution >= 4 is 37.4 Å². The highest BCUT2D eigenvalue weighted by atomic mass is 79.9. The fourth-order valence-corrected chi connectivity index (χ4v) is 4.65. The van der Waals surface area contributed by atoms with E-state index >= 15 is 0 Å². The third kappa shape index (κ3) is 2.84. The summed E-state index contributed by atoms with van der Waals surface area (Å²) in [5.41, 5.74) is 6.07. The van der Waals surface area contributed by atoms with Crippen LogP contribution in [0.3, 0.4) is 0 Å². The third-order valence-corrected chi connectivity index (χ3v) is 5.58. The van der Waals surface area contributed by atoms with E-state index in [0.29, 0.717) is 23.0 Å². The van der Waals surface area contributed by atoms with E-state index in [2.05, 4.69) is 21.2 Å². The Balaban J connectivity index is 2.23. The first-order valence-corrected chi connectivity index (χ1v) is 7.90. The highest BCUT2D eigenvalue weighted by molar-refractivity contribution is 9.10. The summed E-state index contributed by atoms with van der Waals surface area (Å²) in [4.78, 5) is 11.3. The minimum Gasteiger partial charge on any atom is -0.399 e. The first-order chi connectivity index (χ1) is 8.38. The normalized spacial score (nSPS) is 19.8. The molecule has 1 heterocycles. The smallest absolute Gasteiger partial charge is 0.220 e. The lowest BCUT2D eigenvalue weighted by Crippen LogP contribution is -2.32. The minimum atomic E-state index is -3.43. The Hall–Kier alpha value is -1.08. The zero-order valence-corrected chi connectivity index (χ0v) is 11.9. The molecule has 1 amide bonds. The summed E-state index contributed by atoms with van der Waals surface area (Å²) in [6, 6.07) is 4.28. The molecule has 1 atom stereocenters. The number of amides is 1. The molecule has 1 aliphatic rings. The standard InChI is InChI=1S/C11H13BrN2O3S/c12-9-5-7(13)1-3-10(9)18(16,17)6-8-2-4-11(15)14-8/h1,3,5,8H,2,4,6,13H2,(H,14,15). The Kier molecular flexibility index (Phi) is 3.63. The van der Waals surface area contributed by atoms with Crippen LogP contribution in [0.2, 0.25) is 0 Å². The van der Waals surface area contributed by atoms with E-state index in [1.807, 2.05) is 0 Å². The van der Waals surface area contributed by atoms with Crippen molar-refractivity contribution in [3.05, 3.63) is 22.7 Å². The van der Waals surface area contributed by atoms with Gasteiger partial charge in [-0.1, -0.05) is 0 Å². The van der Waals surface area contributed by atoms with Gasteiger partial charge in [-0.3, -0.25) is 4.79 Å². The van der Waals surface area contributed by atoms with Gasteiger partial charge in [0.1, 0.15) is 0 Å². The zero-order chi connectivity index (χ0) is 13.3. The predicted octanol–water partition coefficient (Wildman–Crippen LogP) is 1.08. The largest absolute Gasteiger partial charge is 0.399 e. The summed E-state index contributed by atoms with van der Waals surface area (Å²) >= 11 is 3.20. The van der Waals surface area contributed by atoms with Crippen LogP contribution in [0.15, 0.2) is 27.6 Å². The fourth-order valence-electron chi connectivity index (χ4n) is 1.93. The van der Waals surface area contributed by atoms with Gasteiger partial charge >= 0.3 is 0 Å².